The molecule has 0 radical (unpaired) electrons. The van der Waals surface area contributed by atoms with Crippen molar-refractivity contribution in [2.45, 2.75) is 19.9 Å². The second-order valence-electron chi connectivity index (χ2n) is 4.78. The van der Waals surface area contributed by atoms with Crippen molar-refractivity contribution < 1.29 is 4.74 Å². The van der Waals surface area contributed by atoms with Gasteiger partial charge >= 0.3 is 0 Å². The smallest absolute Gasteiger partial charge is 0.124 e. The van der Waals surface area contributed by atoms with Gasteiger partial charge in [0.1, 0.15) is 5.75 Å². The van der Waals surface area contributed by atoms with Crippen molar-refractivity contribution in [2.24, 2.45) is 5.73 Å². The maximum atomic E-state index is 6.40. The van der Waals surface area contributed by atoms with E-state index in [2.05, 4.69) is 48.0 Å². The van der Waals surface area contributed by atoms with Crippen LogP contribution in [0.15, 0.2) is 40.9 Å². The first-order valence-corrected chi connectivity index (χ1v) is 6.98. The van der Waals surface area contributed by atoms with E-state index in [-0.39, 0.29) is 6.04 Å². The molecule has 2 rings (SSSR count). The highest BCUT2D eigenvalue weighted by Crippen LogP contribution is 2.31. The van der Waals surface area contributed by atoms with Gasteiger partial charge < -0.3 is 10.5 Å². The summed E-state index contributed by atoms with van der Waals surface area (Å²) in [4.78, 5) is 0. The molecule has 0 aliphatic rings. The van der Waals surface area contributed by atoms with E-state index < -0.39 is 0 Å². The number of nitrogens with two attached hydrogens (primary N) is 1. The summed E-state index contributed by atoms with van der Waals surface area (Å²) in [6, 6.07) is 12.1. The second-order valence-corrected chi connectivity index (χ2v) is 5.70. The van der Waals surface area contributed by atoms with Crippen molar-refractivity contribution in [3.63, 3.8) is 0 Å². The Morgan fingerprint density at radius 3 is 2.26 bits per heavy atom. The van der Waals surface area contributed by atoms with Gasteiger partial charge in [-0.15, -0.1) is 0 Å². The molecule has 19 heavy (non-hydrogen) atoms. The minimum atomic E-state index is -0.189. The van der Waals surface area contributed by atoms with Gasteiger partial charge in [0.15, 0.2) is 0 Å². The van der Waals surface area contributed by atoms with Crippen molar-refractivity contribution in [3.8, 4) is 5.75 Å². The Bertz CT molecular complexity index is 575. The number of benzene rings is 2. The van der Waals surface area contributed by atoms with Crippen molar-refractivity contribution in [2.75, 3.05) is 7.11 Å². The molecule has 1 atom stereocenters. The summed E-state index contributed by atoms with van der Waals surface area (Å²) in [5.41, 5.74) is 10.9. The first-order chi connectivity index (χ1) is 9.01. The maximum absolute atomic E-state index is 6.40. The summed E-state index contributed by atoms with van der Waals surface area (Å²) in [5.74, 6) is 0.815. The minimum Gasteiger partial charge on any atom is -0.496 e. The highest BCUT2D eigenvalue weighted by Gasteiger charge is 2.15. The van der Waals surface area contributed by atoms with Crippen LogP contribution >= 0.6 is 15.9 Å². The number of rotatable bonds is 3. The second kappa shape index (κ2) is 5.76. The summed E-state index contributed by atoms with van der Waals surface area (Å²) >= 11 is 3.48. The molecule has 0 saturated heterocycles. The average Bonchev–Trinajstić information content (AvgIpc) is 2.36. The molecule has 0 heterocycles. The number of hydrogen-bond acceptors (Lipinski definition) is 2. The SMILES string of the molecule is COc1ccc(Br)cc1C(N)c1cc(C)cc(C)c1. The van der Waals surface area contributed by atoms with E-state index in [1.807, 2.05) is 18.2 Å². The first kappa shape index (κ1) is 14.1. The Labute approximate surface area is 122 Å². The molecule has 0 aromatic heterocycles. The molecule has 0 fully saturated rings. The molecule has 100 valence electrons. The number of hydrogen-bond donors (Lipinski definition) is 1. The van der Waals surface area contributed by atoms with Gasteiger partial charge in [-0.1, -0.05) is 45.3 Å². The van der Waals surface area contributed by atoms with Gasteiger partial charge in [-0.05, 0) is 37.6 Å². The monoisotopic (exact) mass is 319 g/mol. The van der Waals surface area contributed by atoms with Crippen molar-refractivity contribution in [3.05, 3.63) is 63.1 Å². The molecule has 1 unspecified atom stereocenters. The highest BCUT2D eigenvalue weighted by atomic mass is 79.9. The molecular weight excluding hydrogens is 302 g/mol. The zero-order valence-electron chi connectivity index (χ0n) is 11.4. The fourth-order valence-electron chi connectivity index (χ4n) is 2.32. The standard InChI is InChI=1S/C16H18BrNO/c1-10-6-11(2)8-12(7-10)16(18)14-9-13(17)4-5-15(14)19-3/h4-9,16H,18H2,1-3H3. The minimum absolute atomic E-state index is 0.189. The van der Waals surface area contributed by atoms with Crippen LogP contribution in [0.5, 0.6) is 5.75 Å². The zero-order chi connectivity index (χ0) is 14.0. The number of halogens is 1. The van der Waals surface area contributed by atoms with E-state index in [4.69, 9.17) is 10.5 Å². The van der Waals surface area contributed by atoms with Gasteiger partial charge in [-0.3, -0.25) is 0 Å². The van der Waals surface area contributed by atoms with Crippen LogP contribution in [0, 0.1) is 13.8 Å². The van der Waals surface area contributed by atoms with Crippen LogP contribution in [0.1, 0.15) is 28.3 Å². The third-order valence-corrected chi connectivity index (χ3v) is 3.62. The molecule has 0 bridgehead atoms. The van der Waals surface area contributed by atoms with Crippen LogP contribution in [0.4, 0.5) is 0 Å². The summed E-state index contributed by atoms with van der Waals surface area (Å²) in [7, 11) is 1.67. The lowest BCUT2D eigenvalue weighted by atomic mass is 9.96. The Balaban J connectivity index is 2.48. The normalized spacial score (nSPS) is 12.3. The van der Waals surface area contributed by atoms with Crippen LogP contribution in [0.25, 0.3) is 0 Å². The van der Waals surface area contributed by atoms with E-state index >= 15 is 0 Å². The molecule has 3 heteroatoms. The van der Waals surface area contributed by atoms with E-state index in [1.165, 1.54) is 11.1 Å². The zero-order valence-corrected chi connectivity index (χ0v) is 13.0. The summed E-state index contributed by atoms with van der Waals surface area (Å²) in [6.45, 7) is 4.17. The van der Waals surface area contributed by atoms with Gasteiger partial charge in [0, 0.05) is 10.0 Å². The topological polar surface area (TPSA) is 35.2 Å². The predicted molar refractivity (Wildman–Crippen MR) is 82.6 cm³/mol. The fraction of sp³-hybridized carbons (Fsp3) is 0.250. The Hall–Kier alpha value is -1.32. The maximum Gasteiger partial charge on any atom is 0.124 e. The Morgan fingerprint density at radius 1 is 1.05 bits per heavy atom. The molecule has 2 aromatic carbocycles. The number of methoxy groups -OCH3 is 1. The average molecular weight is 320 g/mol. The van der Waals surface area contributed by atoms with Gasteiger partial charge in [0.05, 0.1) is 13.2 Å². The van der Waals surface area contributed by atoms with Crippen LogP contribution in [0.3, 0.4) is 0 Å². The van der Waals surface area contributed by atoms with E-state index in [1.54, 1.807) is 7.11 Å². The lowest BCUT2D eigenvalue weighted by Crippen LogP contribution is -2.13. The van der Waals surface area contributed by atoms with Crippen LogP contribution in [0.2, 0.25) is 0 Å². The molecule has 0 saturated carbocycles. The quantitative estimate of drug-likeness (QED) is 0.923. The van der Waals surface area contributed by atoms with Crippen molar-refractivity contribution in [1.82, 2.24) is 0 Å². The van der Waals surface area contributed by atoms with Gasteiger partial charge in [-0.2, -0.15) is 0 Å². The molecule has 2 N–H and O–H groups in total. The molecule has 0 aliphatic heterocycles. The van der Waals surface area contributed by atoms with Gasteiger partial charge in [0.25, 0.3) is 0 Å². The van der Waals surface area contributed by atoms with Gasteiger partial charge in [-0.25, -0.2) is 0 Å². The predicted octanol–water partition coefficient (Wildman–Crippen LogP) is 4.12. The Morgan fingerprint density at radius 2 is 1.68 bits per heavy atom. The molecule has 0 aliphatic carbocycles. The van der Waals surface area contributed by atoms with Crippen LogP contribution < -0.4 is 10.5 Å². The summed E-state index contributed by atoms with van der Waals surface area (Å²) in [6.07, 6.45) is 0. The van der Waals surface area contributed by atoms with E-state index in [0.717, 1.165) is 21.3 Å². The highest BCUT2D eigenvalue weighted by molar-refractivity contribution is 9.10. The van der Waals surface area contributed by atoms with Crippen molar-refractivity contribution >= 4 is 15.9 Å². The van der Waals surface area contributed by atoms with Gasteiger partial charge in [0.2, 0.25) is 0 Å². The molecule has 2 aromatic rings. The van der Waals surface area contributed by atoms with Crippen molar-refractivity contribution in [1.29, 1.82) is 0 Å². The first-order valence-electron chi connectivity index (χ1n) is 6.18. The number of ether oxygens (including phenoxy) is 1. The summed E-state index contributed by atoms with van der Waals surface area (Å²) < 4.78 is 6.41. The number of aryl methyl sites for hydroxylation is 2. The third-order valence-electron chi connectivity index (χ3n) is 3.13. The lowest BCUT2D eigenvalue weighted by molar-refractivity contribution is 0.407. The van der Waals surface area contributed by atoms with E-state index in [9.17, 15) is 0 Å². The summed E-state index contributed by atoms with van der Waals surface area (Å²) in [5, 5.41) is 0. The van der Waals surface area contributed by atoms with E-state index in [0.29, 0.717) is 0 Å². The molecular formula is C16H18BrNO. The third kappa shape index (κ3) is 3.17. The fourth-order valence-corrected chi connectivity index (χ4v) is 2.70. The molecule has 2 nitrogen and oxygen atoms in total. The largest absolute Gasteiger partial charge is 0.496 e. The lowest BCUT2D eigenvalue weighted by Gasteiger charge is -2.17. The molecule has 0 amide bonds. The van der Waals surface area contributed by atoms with Crippen LogP contribution in [-0.2, 0) is 0 Å². The Kier molecular flexibility index (Phi) is 4.27. The molecule has 0 spiro atoms. The van der Waals surface area contributed by atoms with Crippen LogP contribution in [-0.4, -0.2) is 7.11 Å².